The Balaban J connectivity index is 2.94. The van der Waals surface area contributed by atoms with Crippen LogP contribution in [0.1, 0.15) is 52.4 Å². The lowest BCUT2D eigenvalue weighted by Gasteiger charge is -2.30. The van der Waals surface area contributed by atoms with Crippen LogP contribution < -0.4 is 16.4 Å². The van der Waals surface area contributed by atoms with Gasteiger partial charge in [0, 0.05) is 13.0 Å². The summed E-state index contributed by atoms with van der Waals surface area (Å²) in [6, 6.07) is -4.96. The lowest BCUT2D eigenvalue weighted by molar-refractivity contribution is -0.145. The van der Waals surface area contributed by atoms with Crippen LogP contribution in [0.2, 0.25) is 0 Å². The fourth-order valence-electron chi connectivity index (χ4n) is 3.44. The maximum atomic E-state index is 12.8. The zero-order valence-electron chi connectivity index (χ0n) is 18.7. The highest BCUT2D eigenvalue weighted by molar-refractivity contribution is 5.96. The van der Waals surface area contributed by atoms with Gasteiger partial charge in [-0.3, -0.25) is 24.0 Å². The van der Waals surface area contributed by atoms with E-state index in [0.29, 0.717) is 19.3 Å². The molecule has 33 heavy (non-hydrogen) atoms. The monoisotopic (exact) mass is 472 g/mol. The third-order valence-corrected chi connectivity index (χ3v) is 5.65. The van der Waals surface area contributed by atoms with Gasteiger partial charge in [-0.2, -0.15) is 0 Å². The van der Waals surface area contributed by atoms with Crippen molar-refractivity contribution >= 4 is 35.6 Å². The van der Waals surface area contributed by atoms with Crippen molar-refractivity contribution in [3.05, 3.63) is 0 Å². The molecule has 186 valence electrons. The molecule has 0 aromatic carbocycles. The highest BCUT2D eigenvalue weighted by Crippen LogP contribution is 2.21. The average Bonchev–Trinajstić information content (AvgIpc) is 3.23. The molecule has 1 saturated heterocycles. The quantitative estimate of drug-likeness (QED) is 0.187. The van der Waals surface area contributed by atoms with E-state index in [9.17, 15) is 33.9 Å². The Kier molecular flexibility index (Phi) is 10.7. The number of hydrogen-bond acceptors (Lipinski definition) is 7. The number of carboxylic acid groups (broad SMARTS) is 3. The molecule has 1 heterocycles. The Morgan fingerprint density at radius 2 is 1.67 bits per heavy atom. The number of amides is 3. The second-order valence-corrected chi connectivity index (χ2v) is 8.09. The van der Waals surface area contributed by atoms with Crippen LogP contribution in [0.5, 0.6) is 0 Å². The Morgan fingerprint density at radius 1 is 1.03 bits per heavy atom. The van der Waals surface area contributed by atoms with E-state index in [4.69, 9.17) is 15.9 Å². The summed E-state index contributed by atoms with van der Waals surface area (Å²) in [5.41, 5.74) is 6.00. The average molecular weight is 472 g/mol. The SMILES string of the molecule is CCC(C)C(N)C(=O)N1CCCC1C(=O)NC(CC(=O)O)C(=O)NC(CCC(=O)O)C(=O)O. The van der Waals surface area contributed by atoms with Crippen LogP contribution in [0.25, 0.3) is 0 Å². The minimum Gasteiger partial charge on any atom is -0.481 e. The van der Waals surface area contributed by atoms with E-state index >= 15 is 0 Å². The zero-order valence-corrected chi connectivity index (χ0v) is 18.7. The number of likely N-dealkylation sites (tertiary alicyclic amines) is 1. The summed E-state index contributed by atoms with van der Waals surface area (Å²) in [5, 5.41) is 31.4. The molecule has 13 nitrogen and oxygen atoms in total. The van der Waals surface area contributed by atoms with Gasteiger partial charge in [-0.05, 0) is 25.2 Å². The van der Waals surface area contributed by atoms with Gasteiger partial charge in [0.05, 0.1) is 12.5 Å². The van der Waals surface area contributed by atoms with E-state index in [1.165, 1.54) is 4.90 Å². The maximum absolute atomic E-state index is 12.8. The number of rotatable bonds is 13. The van der Waals surface area contributed by atoms with Crippen LogP contribution in [-0.4, -0.2) is 86.6 Å². The zero-order chi connectivity index (χ0) is 25.3. The molecular formula is C20H32N4O9. The lowest BCUT2D eigenvalue weighted by Crippen LogP contribution is -2.57. The van der Waals surface area contributed by atoms with Gasteiger partial charge in [0.2, 0.25) is 17.7 Å². The fraction of sp³-hybridized carbons (Fsp3) is 0.700. The molecular weight excluding hydrogens is 440 g/mol. The van der Waals surface area contributed by atoms with E-state index in [0.717, 1.165) is 0 Å². The summed E-state index contributed by atoms with van der Waals surface area (Å²) in [6.45, 7) is 3.97. The molecule has 5 unspecified atom stereocenters. The van der Waals surface area contributed by atoms with Crippen LogP contribution >= 0.6 is 0 Å². The summed E-state index contributed by atoms with van der Waals surface area (Å²) in [7, 11) is 0. The largest absolute Gasteiger partial charge is 0.481 e. The summed E-state index contributed by atoms with van der Waals surface area (Å²) in [4.78, 5) is 72.7. The van der Waals surface area contributed by atoms with Gasteiger partial charge >= 0.3 is 17.9 Å². The van der Waals surface area contributed by atoms with Crippen molar-refractivity contribution in [3.8, 4) is 0 Å². The topological polar surface area (TPSA) is 216 Å². The van der Waals surface area contributed by atoms with Gasteiger partial charge in [0.1, 0.15) is 18.1 Å². The van der Waals surface area contributed by atoms with Crippen molar-refractivity contribution in [1.29, 1.82) is 0 Å². The van der Waals surface area contributed by atoms with Crippen LogP contribution in [0, 0.1) is 5.92 Å². The fourth-order valence-corrected chi connectivity index (χ4v) is 3.44. The predicted molar refractivity (Wildman–Crippen MR) is 113 cm³/mol. The molecule has 0 spiro atoms. The molecule has 0 aliphatic carbocycles. The van der Waals surface area contributed by atoms with Crippen molar-refractivity contribution < 1.29 is 44.1 Å². The Morgan fingerprint density at radius 3 is 2.18 bits per heavy atom. The molecule has 0 aromatic heterocycles. The third kappa shape index (κ3) is 8.33. The molecule has 13 heteroatoms. The van der Waals surface area contributed by atoms with E-state index in [-0.39, 0.29) is 12.5 Å². The number of carboxylic acids is 3. The minimum atomic E-state index is -1.62. The number of aliphatic carboxylic acids is 3. The van der Waals surface area contributed by atoms with Crippen LogP contribution in [-0.2, 0) is 28.8 Å². The second kappa shape index (κ2) is 12.7. The first-order valence-corrected chi connectivity index (χ1v) is 10.7. The number of nitrogens with zero attached hydrogens (tertiary/aromatic N) is 1. The Bertz CT molecular complexity index is 773. The van der Waals surface area contributed by atoms with E-state index in [2.05, 4.69) is 10.6 Å². The number of carbonyl (C=O) groups is 6. The van der Waals surface area contributed by atoms with Crippen molar-refractivity contribution in [2.45, 2.75) is 76.5 Å². The van der Waals surface area contributed by atoms with Gasteiger partial charge in [-0.1, -0.05) is 20.3 Å². The first-order valence-electron chi connectivity index (χ1n) is 10.7. The molecule has 1 rings (SSSR count). The lowest BCUT2D eigenvalue weighted by atomic mass is 9.98. The summed E-state index contributed by atoms with van der Waals surface area (Å²) < 4.78 is 0. The normalized spacial score (nSPS) is 19.1. The van der Waals surface area contributed by atoms with Gasteiger partial charge in [-0.15, -0.1) is 0 Å². The van der Waals surface area contributed by atoms with Crippen molar-refractivity contribution in [2.75, 3.05) is 6.54 Å². The molecule has 0 saturated carbocycles. The van der Waals surface area contributed by atoms with Gasteiger partial charge in [0.25, 0.3) is 0 Å². The third-order valence-electron chi connectivity index (χ3n) is 5.65. The number of hydrogen-bond donors (Lipinski definition) is 6. The van der Waals surface area contributed by atoms with Crippen molar-refractivity contribution in [2.24, 2.45) is 11.7 Å². The molecule has 3 amide bonds. The number of nitrogens with one attached hydrogen (secondary N) is 2. The van der Waals surface area contributed by atoms with Gasteiger partial charge in [0.15, 0.2) is 0 Å². The Labute approximate surface area is 190 Å². The summed E-state index contributed by atoms with van der Waals surface area (Å²) in [6.07, 6.45) is -0.335. The van der Waals surface area contributed by atoms with Crippen molar-refractivity contribution in [1.82, 2.24) is 15.5 Å². The van der Waals surface area contributed by atoms with E-state index in [1.807, 2.05) is 13.8 Å². The Hall–Kier alpha value is -3.22. The smallest absolute Gasteiger partial charge is 0.326 e. The minimum absolute atomic E-state index is 0.119. The number of carbonyl (C=O) groups excluding carboxylic acids is 3. The molecule has 1 aliphatic rings. The van der Waals surface area contributed by atoms with Crippen LogP contribution in [0.15, 0.2) is 0 Å². The van der Waals surface area contributed by atoms with Crippen molar-refractivity contribution in [3.63, 3.8) is 0 Å². The van der Waals surface area contributed by atoms with E-state index < -0.39 is 79.1 Å². The first-order chi connectivity index (χ1) is 15.4. The molecule has 0 radical (unpaired) electrons. The molecule has 0 bridgehead atoms. The summed E-state index contributed by atoms with van der Waals surface area (Å²) in [5.74, 6) is -6.58. The standard InChI is InChI=1S/C20H32N4O9/c1-3-10(2)16(21)19(31)24-8-4-5-13(24)18(30)23-12(9-15(27)28)17(29)22-11(20(32)33)6-7-14(25)26/h10-13,16H,3-9,21H2,1-2H3,(H,22,29)(H,23,30)(H,25,26)(H,27,28)(H,32,33). The highest BCUT2D eigenvalue weighted by atomic mass is 16.4. The highest BCUT2D eigenvalue weighted by Gasteiger charge is 2.39. The second-order valence-electron chi connectivity index (χ2n) is 8.09. The summed E-state index contributed by atoms with van der Waals surface area (Å²) >= 11 is 0. The molecule has 1 aliphatic heterocycles. The molecule has 7 N–H and O–H groups in total. The van der Waals surface area contributed by atoms with Crippen LogP contribution in [0.4, 0.5) is 0 Å². The van der Waals surface area contributed by atoms with Crippen LogP contribution in [0.3, 0.4) is 0 Å². The molecule has 5 atom stereocenters. The maximum Gasteiger partial charge on any atom is 0.326 e. The predicted octanol–water partition coefficient (Wildman–Crippen LogP) is -1.26. The first kappa shape index (κ1) is 27.8. The molecule has 1 fully saturated rings. The number of nitrogens with two attached hydrogens (primary N) is 1. The van der Waals surface area contributed by atoms with E-state index in [1.54, 1.807) is 0 Å². The van der Waals surface area contributed by atoms with Gasteiger partial charge in [-0.25, -0.2) is 4.79 Å². The molecule has 0 aromatic rings. The van der Waals surface area contributed by atoms with Gasteiger partial charge < -0.3 is 36.6 Å².